The molecule has 0 saturated heterocycles. The van der Waals surface area contributed by atoms with Gasteiger partial charge in [0.1, 0.15) is 11.5 Å². The average Bonchev–Trinajstić information content (AvgIpc) is 2.42. The van der Waals surface area contributed by atoms with Crippen LogP contribution < -0.4 is 10.5 Å². The fraction of sp³-hybridized carbons (Fsp3) is 0.571. The lowest BCUT2D eigenvalue weighted by Gasteiger charge is -2.28. The largest absolute Gasteiger partial charge is 0.506 e. The second kappa shape index (κ2) is 5.93. The van der Waals surface area contributed by atoms with Crippen molar-refractivity contribution in [3.63, 3.8) is 0 Å². The summed E-state index contributed by atoms with van der Waals surface area (Å²) in [5, 5.41) is 10.1. The van der Waals surface area contributed by atoms with Crippen molar-refractivity contribution in [1.29, 1.82) is 0 Å². The first-order chi connectivity index (χ1) is 8.63. The Labute approximate surface area is 116 Å². The summed E-state index contributed by atoms with van der Waals surface area (Å²) in [6.07, 6.45) is 6.08. The summed E-state index contributed by atoms with van der Waals surface area (Å²) in [5.74, 6) is 1.43. The van der Waals surface area contributed by atoms with Crippen molar-refractivity contribution in [2.45, 2.75) is 38.1 Å². The molecule has 0 radical (unpaired) electrons. The Morgan fingerprint density at radius 1 is 1.33 bits per heavy atom. The summed E-state index contributed by atoms with van der Waals surface area (Å²) in [4.78, 5) is 0. The minimum Gasteiger partial charge on any atom is -0.506 e. The lowest BCUT2D eigenvalue weighted by molar-refractivity contribution is 0.302. The molecule has 1 aliphatic rings. The van der Waals surface area contributed by atoms with Gasteiger partial charge in [-0.3, -0.25) is 0 Å². The van der Waals surface area contributed by atoms with Crippen LogP contribution in [0.3, 0.4) is 0 Å². The fourth-order valence-corrected chi connectivity index (χ4v) is 3.17. The van der Waals surface area contributed by atoms with E-state index in [1.165, 1.54) is 19.3 Å². The number of aromatic hydroxyl groups is 1. The molecule has 3 N–H and O–H groups in total. The molecule has 18 heavy (non-hydrogen) atoms. The maximum absolute atomic E-state index is 10.1. The molecule has 0 spiro atoms. The van der Waals surface area contributed by atoms with E-state index < -0.39 is 0 Å². The first kappa shape index (κ1) is 13.7. The predicted octanol–water partition coefficient (Wildman–Crippen LogP) is 3.74. The fourth-order valence-electron chi connectivity index (χ4n) is 2.71. The van der Waals surface area contributed by atoms with E-state index in [-0.39, 0.29) is 11.8 Å². The summed E-state index contributed by atoms with van der Waals surface area (Å²) < 4.78 is 5.87. The maximum atomic E-state index is 10.1. The van der Waals surface area contributed by atoms with Crippen molar-refractivity contribution in [1.82, 2.24) is 0 Å². The van der Waals surface area contributed by atoms with Crippen LogP contribution in [0.4, 0.5) is 0 Å². The van der Waals surface area contributed by atoms with E-state index in [2.05, 4.69) is 15.9 Å². The van der Waals surface area contributed by atoms with E-state index in [4.69, 9.17) is 10.5 Å². The van der Waals surface area contributed by atoms with Crippen LogP contribution in [0.25, 0.3) is 0 Å². The van der Waals surface area contributed by atoms with Crippen LogP contribution in [-0.2, 0) is 0 Å². The van der Waals surface area contributed by atoms with Crippen LogP contribution in [0.15, 0.2) is 16.6 Å². The Kier molecular flexibility index (Phi) is 4.51. The molecule has 1 atom stereocenters. The summed E-state index contributed by atoms with van der Waals surface area (Å²) >= 11 is 3.34. The van der Waals surface area contributed by atoms with Gasteiger partial charge in [0.05, 0.1) is 11.6 Å². The van der Waals surface area contributed by atoms with Gasteiger partial charge in [-0.1, -0.05) is 19.3 Å². The first-order valence-electron chi connectivity index (χ1n) is 6.45. The normalized spacial score (nSPS) is 18.6. The number of benzene rings is 1. The van der Waals surface area contributed by atoms with E-state index >= 15 is 0 Å². The third kappa shape index (κ3) is 2.81. The second-order valence-electron chi connectivity index (χ2n) is 4.97. The van der Waals surface area contributed by atoms with Crippen molar-refractivity contribution in [3.05, 3.63) is 22.2 Å². The van der Waals surface area contributed by atoms with E-state index in [0.29, 0.717) is 10.4 Å². The van der Waals surface area contributed by atoms with Crippen LogP contribution in [0, 0.1) is 5.92 Å². The van der Waals surface area contributed by atoms with E-state index in [0.717, 1.165) is 24.2 Å². The summed E-state index contributed by atoms with van der Waals surface area (Å²) in [6.45, 7) is 0. The maximum Gasteiger partial charge on any atom is 0.134 e. The third-order valence-corrected chi connectivity index (χ3v) is 4.42. The number of ether oxygens (including phenoxy) is 1. The number of methoxy groups -OCH3 is 1. The minimum absolute atomic E-state index is 0.114. The van der Waals surface area contributed by atoms with Gasteiger partial charge < -0.3 is 15.6 Å². The van der Waals surface area contributed by atoms with Gasteiger partial charge in [0.15, 0.2) is 0 Å². The Bertz CT molecular complexity index is 417. The SMILES string of the molecule is COc1cc(Br)c(O)c([C@@H](N)C2CCCCC2)c1. The van der Waals surface area contributed by atoms with Gasteiger partial charge in [-0.2, -0.15) is 0 Å². The predicted molar refractivity (Wildman–Crippen MR) is 75.9 cm³/mol. The van der Waals surface area contributed by atoms with Crippen LogP contribution in [0.5, 0.6) is 11.5 Å². The van der Waals surface area contributed by atoms with E-state index in [1.807, 2.05) is 6.07 Å². The molecule has 1 saturated carbocycles. The molecule has 0 aromatic heterocycles. The Morgan fingerprint density at radius 2 is 2.00 bits per heavy atom. The third-order valence-electron chi connectivity index (χ3n) is 3.82. The molecule has 100 valence electrons. The van der Waals surface area contributed by atoms with Crippen LogP contribution >= 0.6 is 15.9 Å². The monoisotopic (exact) mass is 313 g/mol. The number of phenols is 1. The Balaban J connectivity index is 2.27. The smallest absolute Gasteiger partial charge is 0.134 e. The first-order valence-corrected chi connectivity index (χ1v) is 7.24. The van der Waals surface area contributed by atoms with Crippen LogP contribution in [0.2, 0.25) is 0 Å². The molecule has 2 rings (SSSR count). The van der Waals surface area contributed by atoms with Gasteiger partial charge in [0.25, 0.3) is 0 Å². The molecule has 0 bridgehead atoms. The molecule has 1 aliphatic carbocycles. The lowest BCUT2D eigenvalue weighted by Crippen LogP contribution is -2.23. The highest BCUT2D eigenvalue weighted by molar-refractivity contribution is 9.10. The number of phenolic OH excluding ortho intramolecular Hbond substituents is 1. The lowest BCUT2D eigenvalue weighted by atomic mass is 9.81. The molecular formula is C14H20BrNO2. The van der Waals surface area contributed by atoms with E-state index in [9.17, 15) is 5.11 Å². The zero-order valence-corrected chi connectivity index (χ0v) is 12.2. The molecule has 4 heteroatoms. The molecule has 0 aliphatic heterocycles. The molecule has 1 aromatic carbocycles. The second-order valence-corrected chi connectivity index (χ2v) is 5.83. The topological polar surface area (TPSA) is 55.5 Å². The molecule has 0 heterocycles. The van der Waals surface area contributed by atoms with E-state index in [1.54, 1.807) is 13.2 Å². The quantitative estimate of drug-likeness (QED) is 0.893. The highest BCUT2D eigenvalue weighted by Gasteiger charge is 2.25. The summed E-state index contributed by atoms with van der Waals surface area (Å²) in [5.41, 5.74) is 7.11. The van der Waals surface area contributed by atoms with Crippen LogP contribution in [0.1, 0.15) is 43.7 Å². The number of nitrogens with two attached hydrogens (primary N) is 1. The van der Waals surface area contributed by atoms with Crippen molar-refractivity contribution in [3.8, 4) is 11.5 Å². The van der Waals surface area contributed by atoms with Crippen LogP contribution in [-0.4, -0.2) is 12.2 Å². The van der Waals surface area contributed by atoms with Crippen molar-refractivity contribution < 1.29 is 9.84 Å². The van der Waals surface area contributed by atoms with Crippen molar-refractivity contribution in [2.75, 3.05) is 7.11 Å². The van der Waals surface area contributed by atoms with Crippen molar-refractivity contribution in [2.24, 2.45) is 11.7 Å². The molecule has 1 fully saturated rings. The standard InChI is InChI=1S/C14H20BrNO2/c1-18-10-7-11(14(17)12(15)8-10)13(16)9-5-3-2-4-6-9/h7-9,13,17H,2-6,16H2,1H3/t13-/m0/s1. The molecule has 1 aromatic rings. The Morgan fingerprint density at radius 3 is 2.61 bits per heavy atom. The van der Waals surface area contributed by atoms with Gasteiger partial charge in [-0.15, -0.1) is 0 Å². The molecular weight excluding hydrogens is 294 g/mol. The summed E-state index contributed by atoms with van der Waals surface area (Å²) in [6, 6.07) is 3.49. The zero-order valence-electron chi connectivity index (χ0n) is 10.7. The average molecular weight is 314 g/mol. The molecule has 0 unspecified atom stereocenters. The van der Waals surface area contributed by atoms with Crippen molar-refractivity contribution >= 4 is 15.9 Å². The molecule has 0 amide bonds. The summed E-state index contributed by atoms with van der Waals surface area (Å²) in [7, 11) is 1.62. The minimum atomic E-state index is -0.114. The number of rotatable bonds is 3. The highest BCUT2D eigenvalue weighted by Crippen LogP contribution is 2.40. The number of hydrogen-bond acceptors (Lipinski definition) is 3. The van der Waals surface area contributed by atoms with Gasteiger partial charge in [-0.05, 0) is 46.8 Å². The Hall–Kier alpha value is -0.740. The van der Waals surface area contributed by atoms with Gasteiger partial charge >= 0.3 is 0 Å². The zero-order chi connectivity index (χ0) is 13.1. The molecule has 3 nitrogen and oxygen atoms in total. The van der Waals surface area contributed by atoms with Gasteiger partial charge in [0, 0.05) is 11.6 Å². The van der Waals surface area contributed by atoms with Gasteiger partial charge in [0.2, 0.25) is 0 Å². The van der Waals surface area contributed by atoms with Gasteiger partial charge in [-0.25, -0.2) is 0 Å². The highest BCUT2D eigenvalue weighted by atomic mass is 79.9. The number of halogens is 1. The number of hydrogen-bond donors (Lipinski definition) is 2.